The molecule has 3 heteroatoms. The summed E-state index contributed by atoms with van der Waals surface area (Å²) in [6.45, 7) is 4.18. The van der Waals surface area contributed by atoms with E-state index in [0.717, 1.165) is 12.8 Å². The van der Waals surface area contributed by atoms with E-state index in [1.165, 1.54) is 0 Å². The summed E-state index contributed by atoms with van der Waals surface area (Å²) in [6, 6.07) is 7.29. The first-order chi connectivity index (χ1) is 7.74. The van der Waals surface area contributed by atoms with E-state index in [-0.39, 0.29) is 6.10 Å². The van der Waals surface area contributed by atoms with Gasteiger partial charge in [0, 0.05) is 6.07 Å². The van der Waals surface area contributed by atoms with Crippen LogP contribution in [0.5, 0.6) is 11.5 Å². The normalized spacial score (nSPS) is 9.94. The number of benzene rings is 1. The zero-order valence-electron chi connectivity index (χ0n) is 9.99. The minimum Gasteiger partial charge on any atom is -0.493 e. The lowest BCUT2D eigenvalue weighted by Gasteiger charge is -2.17. The molecule has 1 aromatic carbocycles. The van der Waals surface area contributed by atoms with Gasteiger partial charge in [0.1, 0.15) is 0 Å². The number of nitrogens with zero attached hydrogens (tertiary/aromatic N) is 1. The van der Waals surface area contributed by atoms with E-state index in [1.54, 1.807) is 25.3 Å². The van der Waals surface area contributed by atoms with Gasteiger partial charge in [0.25, 0.3) is 0 Å². The zero-order valence-corrected chi connectivity index (χ0v) is 9.99. The first kappa shape index (κ1) is 12.4. The summed E-state index contributed by atoms with van der Waals surface area (Å²) in [6.07, 6.45) is 2.11. The molecule has 1 aromatic rings. The van der Waals surface area contributed by atoms with Crippen LogP contribution in [-0.4, -0.2) is 13.2 Å². The van der Waals surface area contributed by atoms with Crippen LogP contribution in [0.1, 0.15) is 32.3 Å². The highest BCUT2D eigenvalue weighted by Gasteiger charge is 2.10. The van der Waals surface area contributed by atoms with Crippen LogP contribution in [0.25, 0.3) is 0 Å². The van der Waals surface area contributed by atoms with E-state index in [2.05, 4.69) is 19.9 Å². The molecule has 0 heterocycles. The predicted octanol–water partition coefficient (Wildman–Crippen LogP) is 3.13. The Labute approximate surface area is 96.6 Å². The molecule has 0 aromatic heterocycles. The van der Waals surface area contributed by atoms with E-state index < -0.39 is 0 Å². The predicted molar refractivity (Wildman–Crippen MR) is 62.7 cm³/mol. The van der Waals surface area contributed by atoms with Gasteiger partial charge in [-0.15, -0.1) is 0 Å². The Morgan fingerprint density at radius 2 is 1.94 bits per heavy atom. The molecule has 0 unspecified atom stereocenters. The molecule has 0 spiro atoms. The highest BCUT2D eigenvalue weighted by atomic mass is 16.5. The maximum absolute atomic E-state index is 8.78. The van der Waals surface area contributed by atoms with Gasteiger partial charge < -0.3 is 9.47 Å². The quantitative estimate of drug-likeness (QED) is 0.764. The molecule has 0 aliphatic heterocycles. The summed E-state index contributed by atoms with van der Waals surface area (Å²) in [5.74, 6) is 1.32. The van der Waals surface area contributed by atoms with Gasteiger partial charge in [-0.05, 0) is 25.0 Å². The van der Waals surface area contributed by atoms with Crippen LogP contribution in [0, 0.1) is 11.3 Å². The number of hydrogen-bond acceptors (Lipinski definition) is 3. The molecule has 16 heavy (non-hydrogen) atoms. The summed E-state index contributed by atoms with van der Waals surface area (Å²) < 4.78 is 11.0. The van der Waals surface area contributed by atoms with Crippen molar-refractivity contribution in [3.63, 3.8) is 0 Å². The minimum absolute atomic E-state index is 0.196. The first-order valence-electron chi connectivity index (χ1n) is 5.49. The first-order valence-corrected chi connectivity index (χ1v) is 5.49. The van der Waals surface area contributed by atoms with Crippen molar-refractivity contribution >= 4 is 0 Å². The van der Waals surface area contributed by atoms with Gasteiger partial charge in [-0.3, -0.25) is 0 Å². The fourth-order valence-corrected chi connectivity index (χ4v) is 1.47. The van der Waals surface area contributed by atoms with Gasteiger partial charge >= 0.3 is 0 Å². The van der Waals surface area contributed by atoms with Crippen molar-refractivity contribution in [1.29, 1.82) is 5.26 Å². The van der Waals surface area contributed by atoms with Crippen LogP contribution in [0.2, 0.25) is 0 Å². The second kappa shape index (κ2) is 6.02. The van der Waals surface area contributed by atoms with Crippen LogP contribution in [-0.2, 0) is 0 Å². The fraction of sp³-hybridized carbons (Fsp3) is 0.462. The zero-order chi connectivity index (χ0) is 12.0. The van der Waals surface area contributed by atoms with Crippen LogP contribution >= 0.6 is 0 Å². The van der Waals surface area contributed by atoms with E-state index in [9.17, 15) is 0 Å². The highest BCUT2D eigenvalue weighted by Crippen LogP contribution is 2.29. The summed E-state index contributed by atoms with van der Waals surface area (Å²) in [4.78, 5) is 0. The molecule has 0 aliphatic rings. The Morgan fingerprint density at radius 1 is 1.25 bits per heavy atom. The standard InChI is InChI=1S/C13H17NO2/c1-4-11(5-2)16-12-7-6-10(9-14)8-13(12)15-3/h6-8,11H,4-5H2,1-3H3. The third kappa shape index (κ3) is 2.90. The molecule has 0 amide bonds. The Hall–Kier alpha value is -1.69. The summed E-state index contributed by atoms with van der Waals surface area (Å²) in [7, 11) is 1.58. The molecule has 0 fully saturated rings. The molecule has 86 valence electrons. The molecule has 3 nitrogen and oxygen atoms in total. The van der Waals surface area contributed by atoms with Crippen molar-refractivity contribution in [1.82, 2.24) is 0 Å². The van der Waals surface area contributed by atoms with Gasteiger partial charge in [-0.25, -0.2) is 0 Å². The fourth-order valence-electron chi connectivity index (χ4n) is 1.47. The lowest BCUT2D eigenvalue weighted by atomic mass is 10.2. The number of nitriles is 1. The summed E-state index contributed by atoms with van der Waals surface area (Å²) in [5, 5.41) is 8.78. The number of hydrogen-bond donors (Lipinski definition) is 0. The van der Waals surface area contributed by atoms with Crippen LogP contribution in [0.15, 0.2) is 18.2 Å². The summed E-state index contributed by atoms with van der Waals surface area (Å²) in [5.41, 5.74) is 0.578. The van der Waals surface area contributed by atoms with Gasteiger partial charge in [-0.2, -0.15) is 5.26 Å². The number of methoxy groups -OCH3 is 1. The van der Waals surface area contributed by atoms with E-state index in [1.807, 2.05) is 0 Å². The molecule has 1 rings (SSSR count). The van der Waals surface area contributed by atoms with Crippen LogP contribution in [0.3, 0.4) is 0 Å². The molecule has 0 radical (unpaired) electrons. The Balaban J connectivity index is 2.91. The second-order valence-electron chi connectivity index (χ2n) is 3.53. The maximum Gasteiger partial charge on any atom is 0.162 e. The molecular weight excluding hydrogens is 202 g/mol. The van der Waals surface area contributed by atoms with Crippen LogP contribution < -0.4 is 9.47 Å². The maximum atomic E-state index is 8.78. The third-order valence-corrected chi connectivity index (χ3v) is 2.50. The lowest BCUT2D eigenvalue weighted by molar-refractivity contribution is 0.185. The molecule has 0 N–H and O–H groups in total. The topological polar surface area (TPSA) is 42.2 Å². The SMILES string of the molecule is CCC(CC)Oc1ccc(C#N)cc1OC. The Kier molecular flexibility index (Phi) is 4.65. The van der Waals surface area contributed by atoms with Crippen molar-refractivity contribution in [3.05, 3.63) is 23.8 Å². The van der Waals surface area contributed by atoms with E-state index >= 15 is 0 Å². The Morgan fingerprint density at radius 3 is 2.44 bits per heavy atom. The molecule has 0 saturated carbocycles. The van der Waals surface area contributed by atoms with Crippen molar-refractivity contribution in [2.75, 3.05) is 7.11 Å². The smallest absolute Gasteiger partial charge is 0.162 e. The van der Waals surface area contributed by atoms with Gasteiger partial charge in [0.2, 0.25) is 0 Å². The molecule has 0 saturated heterocycles. The van der Waals surface area contributed by atoms with Crippen molar-refractivity contribution in [3.8, 4) is 17.6 Å². The van der Waals surface area contributed by atoms with Gasteiger partial charge in [0.05, 0.1) is 24.8 Å². The largest absolute Gasteiger partial charge is 0.493 e. The highest BCUT2D eigenvalue weighted by molar-refractivity contribution is 5.46. The molecule has 0 aliphatic carbocycles. The monoisotopic (exact) mass is 219 g/mol. The third-order valence-electron chi connectivity index (χ3n) is 2.50. The van der Waals surface area contributed by atoms with E-state index in [0.29, 0.717) is 17.1 Å². The number of rotatable bonds is 5. The molecule has 0 bridgehead atoms. The number of ether oxygens (including phenoxy) is 2. The van der Waals surface area contributed by atoms with Gasteiger partial charge in [0.15, 0.2) is 11.5 Å². The van der Waals surface area contributed by atoms with Crippen molar-refractivity contribution in [2.45, 2.75) is 32.8 Å². The average molecular weight is 219 g/mol. The molecule has 0 atom stereocenters. The lowest BCUT2D eigenvalue weighted by Crippen LogP contribution is -2.14. The minimum atomic E-state index is 0.196. The van der Waals surface area contributed by atoms with E-state index in [4.69, 9.17) is 14.7 Å². The molecular formula is C13H17NO2. The second-order valence-corrected chi connectivity index (χ2v) is 3.53. The van der Waals surface area contributed by atoms with Crippen molar-refractivity contribution in [2.24, 2.45) is 0 Å². The average Bonchev–Trinajstić information content (AvgIpc) is 2.35. The summed E-state index contributed by atoms with van der Waals surface area (Å²) >= 11 is 0. The van der Waals surface area contributed by atoms with Gasteiger partial charge in [-0.1, -0.05) is 13.8 Å². The Bertz CT molecular complexity index is 378. The van der Waals surface area contributed by atoms with Crippen molar-refractivity contribution < 1.29 is 9.47 Å². The van der Waals surface area contributed by atoms with Crippen LogP contribution in [0.4, 0.5) is 0 Å².